The van der Waals surface area contributed by atoms with E-state index in [2.05, 4.69) is 6.58 Å². The quantitative estimate of drug-likeness (QED) is 0.647. The highest BCUT2D eigenvalue weighted by molar-refractivity contribution is 5.85. The van der Waals surface area contributed by atoms with E-state index in [-0.39, 0.29) is 23.4 Å². The van der Waals surface area contributed by atoms with Gasteiger partial charge < -0.3 is 0 Å². The molecule has 0 bridgehead atoms. The van der Waals surface area contributed by atoms with Crippen molar-refractivity contribution in [3.63, 3.8) is 0 Å². The molecule has 0 aromatic carbocycles. The average Bonchev–Trinajstić information content (AvgIpc) is 2.17. The van der Waals surface area contributed by atoms with Crippen LogP contribution in [0.3, 0.4) is 0 Å². The fourth-order valence-electron chi connectivity index (χ4n) is 2.08. The van der Waals surface area contributed by atoms with Crippen LogP contribution in [-0.4, -0.2) is 11.6 Å². The summed E-state index contributed by atoms with van der Waals surface area (Å²) < 4.78 is 0. The topological polar surface area (TPSA) is 34.1 Å². The molecule has 0 unspecified atom stereocenters. The summed E-state index contributed by atoms with van der Waals surface area (Å²) in [4.78, 5) is 22.8. The van der Waals surface area contributed by atoms with E-state index >= 15 is 0 Å². The fourth-order valence-corrected chi connectivity index (χ4v) is 2.08. The monoisotopic (exact) mass is 194 g/mol. The first-order valence-electron chi connectivity index (χ1n) is 5.27. The Bertz CT molecular complexity index is 257. The zero-order chi connectivity index (χ0) is 10.7. The smallest absolute Gasteiger partial charge is 0.139 e. The maximum absolute atomic E-state index is 11.6. The van der Waals surface area contributed by atoms with Gasteiger partial charge in [0.25, 0.3) is 0 Å². The minimum Gasteiger partial charge on any atom is -0.300 e. The Balaban J connectivity index is 2.69. The zero-order valence-corrected chi connectivity index (χ0v) is 9.01. The van der Waals surface area contributed by atoms with Gasteiger partial charge in [-0.3, -0.25) is 9.59 Å². The Labute approximate surface area is 85.4 Å². The summed E-state index contributed by atoms with van der Waals surface area (Å²) in [6.45, 7) is 7.41. The zero-order valence-electron chi connectivity index (χ0n) is 9.01. The van der Waals surface area contributed by atoms with Crippen LogP contribution in [0.5, 0.6) is 0 Å². The lowest BCUT2D eigenvalue weighted by Gasteiger charge is -2.28. The molecular formula is C12H18O2. The van der Waals surface area contributed by atoms with Crippen LogP contribution in [0.2, 0.25) is 0 Å². The van der Waals surface area contributed by atoms with E-state index < -0.39 is 0 Å². The van der Waals surface area contributed by atoms with E-state index in [1.807, 2.05) is 6.92 Å². The van der Waals surface area contributed by atoms with Crippen molar-refractivity contribution in [2.24, 2.45) is 11.8 Å². The third-order valence-electron chi connectivity index (χ3n) is 3.14. The molecule has 2 atom stereocenters. The molecule has 0 amide bonds. The summed E-state index contributed by atoms with van der Waals surface area (Å²) in [6, 6.07) is 0. The number of Topliss-reactive ketones (excluding diaryl/α,β-unsaturated/α-hetero) is 2. The Kier molecular flexibility index (Phi) is 3.62. The first-order chi connectivity index (χ1) is 6.56. The molecule has 78 valence electrons. The minimum absolute atomic E-state index is 0.0531. The summed E-state index contributed by atoms with van der Waals surface area (Å²) in [7, 11) is 0. The van der Waals surface area contributed by atoms with Gasteiger partial charge >= 0.3 is 0 Å². The van der Waals surface area contributed by atoms with E-state index in [1.165, 1.54) is 0 Å². The number of ketones is 2. The van der Waals surface area contributed by atoms with Gasteiger partial charge in [-0.1, -0.05) is 19.1 Å². The highest BCUT2D eigenvalue weighted by Crippen LogP contribution is 2.33. The van der Waals surface area contributed by atoms with Crippen LogP contribution in [0.1, 0.15) is 39.5 Å². The highest BCUT2D eigenvalue weighted by Gasteiger charge is 2.30. The molecule has 1 rings (SSSR count). The van der Waals surface area contributed by atoms with Crippen LogP contribution in [0.25, 0.3) is 0 Å². The number of allylic oxidation sites excluding steroid dienone is 1. The van der Waals surface area contributed by atoms with E-state index in [0.717, 1.165) is 18.4 Å². The molecule has 0 aliphatic heterocycles. The molecular weight excluding hydrogens is 176 g/mol. The SMILES string of the molecule is C=C1CC[C@@H](C(C)=O)C[C@@H]1C(=O)CC. The maximum Gasteiger partial charge on any atom is 0.139 e. The van der Waals surface area contributed by atoms with Crippen molar-refractivity contribution in [1.29, 1.82) is 0 Å². The normalized spacial score (nSPS) is 27.4. The number of hydrogen-bond acceptors (Lipinski definition) is 2. The van der Waals surface area contributed by atoms with Gasteiger partial charge in [-0.05, 0) is 26.2 Å². The lowest BCUT2D eigenvalue weighted by molar-refractivity contribution is -0.125. The van der Waals surface area contributed by atoms with Gasteiger partial charge in [0, 0.05) is 18.3 Å². The van der Waals surface area contributed by atoms with Gasteiger partial charge in [0.15, 0.2) is 0 Å². The van der Waals surface area contributed by atoms with Crippen LogP contribution in [0, 0.1) is 11.8 Å². The van der Waals surface area contributed by atoms with Crippen molar-refractivity contribution >= 4 is 11.6 Å². The molecule has 14 heavy (non-hydrogen) atoms. The van der Waals surface area contributed by atoms with Gasteiger partial charge in [0.1, 0.15) is 11.6 Å². The van der Waals surface area contributed by atoms with Crippen molar-refractivity contribution in [3.8, 4) is 0 Å². The van der Waals surface area contributed by atoms with Crippen LogP contribution >= 0.6 is 0 Å². The van der Waals surface area contributed by atoms with Crippen LogP contribution in [0.15, 0.2) is 12.2 Å². The number of carbonyl (C=O) groups excluding carboxylic acids is 2. The summed E-state index contributed by atoms with van der Waals surface area (Å²) in [6.07, 6.45) is 2.96. The third-order valence-corrected chi connectivity index (χ3v) is 3.14. The second kappa shape index (κ2) is 4.54. The number of rotatable bonds is 3. The standard InChI is InChI=1S/C12H18O2/c1-4-12(14)11-7-10(9(3)13)6-5-8(11)2/h10-11H,2,4-7H2,1,3H3/t10-,11+/m1/s1. The first kappa shape index (κ1) is 11.2. The minimum atomic E-state index is -0.0531. The Morgan fingerprint density at radius 1 is 1.50 bits per heavy atom. The van der Waals surface area contributed by atoms with Gasteiger partial charge in [-0.2, -0.15) is 0 Å². The van der Waals surface area contributed by atoms with Crippen molar-refractivity contribution in [3.05, 3.63) is 12.2 Å². The molecule has 0 spiro atoms. The molecule has 0 aromatic rings. The molecule has 1 saturated carbocycles. The molecule has 2 nitrogen and oxygen atoms in total. The van der Waals surface area contributed by atoms with E-state index in [9.17, 15) is 9.59 Å². The molecule has 0 saturated heterocycles. The molecule has 0 heterocycles. The summed E-state index contributed by atoms with van der Waals surface area (Å²) >= 11 is 0. The summed E-state index contributed by atoms with van der Waals surface area (Å²) in [5, 5.41) is 0. The molecule has 1 fully saturated rings. The fraction of sp³-hybridized carbons (Fsp3) is 0.667. The lowest BCUT2D eigenvalue weighted by atomic mass is 9.75. The Morgan fingerprint density at radius 2 is 2.14 bits per heavy atom. The van der Waals surface area contributed by atoms with Crippen LogP contribution < -0.4 is 0 Å². The van der Waals surface area contributed by atoms with Gasteiger partial charge in [-0.15, -0.1) is 0 Å². The van der Waals surface area contributed by atoms with E-state index in [0.29, 0.717) is 12.8 Å². The number of hydrogen-bond donors (Lipinski definition) is 0. The number of carbonyl (C=O) groups is 2. The van der Waals surface area contributed by atoms with Crippen molar-refractivity contribution in [1.82, 2.24) is 0 Å². The van der Waals surface area contributed by atoms with E-state index in [1.54, 1.807) is 6.92 Å². The molecule has 2 heteroatoms. The largest absolute Gasteiger partial charge is 0.300 e. The third kappa shape index (κ3) is 2.31. The van der Waals surface area contributed by atoms with E-state index in [4.69, 9.17) is 0 Å². The summed E-state index contributed by atoms with van der Waals surface area (Å²) in [5.41, 5.74) is 1.02. The highest BCUT2D eigenvalue weighted by atomic mass is 16.1. The van der Waals surface area contributed by atoms with Crippen LogP contribution in [-0.2, 0) is 9.59 Å². The first-order valence-corrected chi connectivity index (χ1v) is 5.27. The molecule has 0 N–H and O–H groups in total. The second-order valence-electron chi connectivity index (χ2n) is 4.11. The predicted octanol–water partition coefficient (Wildman–Crippen LogP) is 2.53. The lowest BCUT2D eigenvalue weighted by Crippen LogP contribution is -2.27. The maximum atomic E-state index is 11.6. The molecule has 1 aliphatic rings. The summed E-state index contributed by atoms with van der Waals surface area (Å²) in [5.74, 6) is 0.482. The molecule has 1 aliphatic carbocycles. The van der Waals surface area contributed by atoms with Crippen molar-refractivity contribution in [2.75, 3.05) is 0 Å². The Hall–Kier alpha value is -0.920. The van der Waals surface area contributed by atoms with Crippen molar-refractivity contribution < 1.29 is 9.59 Å². The molecule has 0 radical (unpaired) electrons. The van der Waals surface area contributed by atoms with Gasteiger partial charge in [0.05, 0.1) is 0 Å². The van der Waals surface area contributed by atoms with Crippen LogP contribution in [0.4, 0.5) is 0 Å². The molecule has 0 aromatic heterocycles. The Morgan fingerprint density at radius 3 is 2.64 bits per heavy atom. The second-order valence-corrected chi connectivity index (χ2v) is 4.11. The predicted molar refractivity (Wildman–Crippen MR) is 56.0 cm³/mol. The van der Waals surface area contributed by atoms with Gasteiger partial charge in [-0.25, -0.2) is 0 Å². The van der Waals surface area contributed by atoms with Gasteiger partial charge in [0.2, 0.25) is 0 Å². The average molecular weight is 194 g/mol. The van der Waals surface area contributed by atoms with Crippen molar-refractivity contribution in [2.45, 2.75) is 39.5 Å².